The molecule has 0 aliphatic carbocycles. The molecular weight excluding hydrogens is 351 g/mol. The van der Waals surface area contributed by atoms with Gasteiger partial charge in [0, 0.05) is 22.8 Å². The minimum absolute atomic E-state index is 0.290. The fourth-order valence-electron chi connectivity index (χ4n) is 1.64. The SMILES string of the molecule is O=[N+]([O-])c1cc(F)cc(NCc2ccc(Br)c(Cl)c2)c1. The zero-order valence-corrected chi connectivity index (χ0v) is 12.4. The summed E-state index contributed by atoms with van der Waals surface area (Å²) in [5.41, 5.74) is 0.933. The molecule has 0 aromatic heterocycles. The molecule has 0 saturated carbocycles. The third kappa shape index (κ3) is 3.68. The minimum atomic E-state index is -0.657. The number of nitrogens with one attached hydrogen (secondary N) is 1. The van der Waals surface area contributed by atoms with Gasteiger partial charge in [0.1, 0.15) is 5.82 Å². The summed E-state index contributed by atoms with van der Waals surface area (Å²) in [4.78, 5) is 10.0. The largest absolute Gasteiger partial charge is 0.381 e. The molecular formula is C13H9BrClFN2O2. The predicted molar refractivity (Wildman–Crippen MR) is 79.5 cm³/mol. The maximum atomic E-state index is 13.3. The fourth-order valence-corrected chi connectivity index (χ4v) is 2.09. The Morgan fingerprint density at radius 1 is 1.30 bits per heavy atom. The van der Waals surface area contributed by atoms with E-state index in [0.29, 0.717) is 17.3 Å². The van der Waals surface area contributed by atoms with Gasteiger partial charge in [-0.2, -0.15) is 0 Å². The zero-order valence-electron chi connectivity index (χ0n) is 10.1. The van der Waals surface area contributed by atoms with Gasteiger partial charge < -0.3 is 5.32 Å². The van der Waals surface area contributed by atoms with Gasteiger partial charge in [-0.05, 0) is 39.7 Å². The van der Waals surface area contributed by atoms with Crippen LogP contribution in [0.4, 0.5) is 15.8 Å². The highest BCUT2D eigenvalue weighted by Crippen LogP contribution is 2.24. The van der Waals surface area contributed by atoms with Gasteiger partial charge in [-0.1, -0.05) is 17.7 Å². The van der Waals surface area contributed by atoms with E-state index in [-0.39, 0.29) is 5.69 Å². The molecule has 0 fully saturated rings. The van der Waals surface area contributed by atoms with Crippen LogP contribution in [0.25, 0.3) is 0 Å². The van der Waals surface area contributed by atoms with Gasteiger partial charge >= 0.3 is 0 Å². The van der Waals surface area contributed by atoms with Gasteiger partial charge in [-0.25, -0.2) is 4.39 Å². The third-order valence-corrected chi connectivity index (χ3v) is 3.81. The van der Waals surface area contributed by atoms with E-state index in [4.69, 9.17) is 11.6 Å². The summed E-state index contributed by atoms with van der Waals surface area (Å²) >= 11 is 9.25. The number of hydrogen-bond acceptors (Lipinski definition) is 3. The Morgan fingerprint density at radius 2 is 2.05 bits per heavy atom. The lowest BCUT2D eigenvalue weighted by Crippen LogP contribution is -2.01. The number of nitrogens with zero attached hydrogens (tertiary/aromatic N) is 1. The van der Waals surface area contributed by atoms with Crippen molar-refractivity contribution in [3.63, 3.8) is 0 Å². The highest BCUT2D eigenvalue weighted by atomic mass is 79.9. The number of hydrogen-bond donors (Lipinski definition) is 1. The molecule has 20 heavy (non-hydrogen) atoms. The van der Waals surface area contributed by atoms with E-state index >= 15 is 0 Å². The van der Waals surface area contributed by atoms with E-state index in [0.717, 1.165) is 16.1 Å². The lowest BCUT2D eigenvalue weighted by molar-refractivity contribution is -0.385. The second-order valence-corrected chi connectivity index (χ2v) is 5.32. The van der Waals surface area contributed by atoms with Crippen molar-refractivity contribution >= 4 is 38.9 Å². The molecule has 0 amide bonds. The van der Waals surface area contributed by atoms with Crippen LogP contribution in [0, 0.1) is 15.9 Å². The minimum Gasteiger partial charge on any atom is -0.381 e. The summed E-state index contributed by atoms with van der Waals surface area (Å²) in [5, 5.41) is 14.1. The Hall–Kier alpha value is -1.66. The number of nitro benzene ring substituents is 1. The van der Waals surface area contributed by atoms with Crippen molar-refractivity contribution in [1.82, 2.24) is 0 Å². The van der Waals surface area contributed by atoms with Gasteiger partial charge in [0.05, 0.1) is 16.0 Å². The van der Waals surface area contributed by atoms with Crippen molar-refractivity contribution < 1.29 is 9.31 Å². The number of halogens is 3. The van der Waals surface area contributed by atoms with Gasteiger partial charge in [-0.3, -0.25) is 10.1 Å². The molecule has 0 aliphatic rings. The first-order valence-electron chi connectivity index (χ1n) is 5.58. The van der Waals surface area contributed by atoms with Gasteiger partial charge in [-0.15, -0.1) is 0 Å². The van der Waals surface area contributed by atoms with Crippen molar-refractivity contribution in [2.24, 2.45) is 0 Å². The van der Waals surface area contributed by atoms with Crippen molar-refractivity contribution in [2.75, 3.05) is 5.32 Å². The first-order chi connectivity index (χ1) is 9.45. The van der Waals surface area contributed by atoms with Gasteiger partial charge in [0.2, 0.25) is 0 Å². The molecule has 2 rings (SSSR count). The van der Waals surface area contributed by atoms with E-state index < -0.39 is 10.7 Å². The van der Waals surface area contributed by atoms with Crippen LogP contribution in [-0.4, -0.2) is 4.92 Å². The van der Waals surface area contributed by atoms with E-state index in [2.05, 4.69) is 21.2 Å². The maximum Gasteiger partial charge on any atom is 0.274 e. The standard InChI is InChI=1S/C13H9BrClFN2O2/c14-12-2-1-8(3-13(12)15)7-17-10-4-9(16)5-11(6-10)18(19)20/h1-6,17H,7H2. The molecule has 2 aromatic carbocycles. The average molecular weight is 360 g/mol. The fraction of sp³-hybridized carbons (Fsp3) is 0.0769. The quantitative estimate of drug-likeness (QED) is 0.632. The van der Waals surface area contributed by atoms with Crippen molar-refractivity contribution in [1.29, 1.82) is 0 Å². The molecule has 1 N–H and O–H groups in total. The topological polar surface area (TPSA) is 55.2 Å². The molecule has 0 radical (unpaired) electrons. The Balaban J connectivity index is 2.14. The zero-order chi connectivity index (χ0) is 14.7. The Bertz CT molecular complexity index is 667. The van der Waals surface area contributed by atoms with E-state index in [1.807, 2.05) is 6.07 Å². The van der Waals surface area contributed by atoms with Crippen LogP contribution >= 0.6 is 27.5 Å². The highest BCUT2D eigenvalue weighted by molar-refractivity contribution is 9.10. The molecule has 0 aliphatic heterocycles. The maximum absolute atomic E-state index is 13.3. The number of benzene rings is 2. The summed E-state index contributed by atoms with van der Waals surface area (Å²) < 4.78 is 14.0. The van der Waals surface area contributed by atoms with E-state index in [9.17, 15) is 14.5 Å². The second kappa shape index (κ2) is 6.19. The number of rotatable bonds is 4. The van der Waals surface area contributed by atoms with Crippen LogP contribution in [0.1, 0.15) is 5.56 Å². The molecule has 104 valence electrons. The lowest BCUT2D eigenvalue weighted by atomic mass is 10.2. The highest BCUT2D eigenvalue weighted by Gasteiger charge is 2.09. The molecule has 0 saturated heterocycles. The second-order valence-electron chi connectivity index (χ2n) is 4.06. The number of anilines is 1. The van der Waals surface area contributed by atoms with Gasteiger partial charge in [0.15, 0.2) is 0 Å². The number of non-ortho nitro benzene ring substituents is 1. The van der Waals surface area contributed by atoms with Crippen molar-refractivity contribution in [3.8, 4) is 0 Å². The van der Waals surface area contributed by atoms with Crippen molar-refractivity contribution in [3.05, 3.63) is 67.4 Å². The molecule has 7 heteroatoms. The Kier molecular flexibility index (Phi) is 4.57. The molecule has 0 atom stereocenters. The molecule has 0 spiro atoms. The molecule has 0 heterocycles. The van der Waals surface area contributed by atoms with Crippen LogP contribution in [-0.2, 0) is 6.54 Å². The first kappa shape index (κ1) is 14.7. The summed E-state index contributed by atoms with van der Waals surface area (Å²) in [6.07, 6.45) is 0. The lowest BCUT2D eigenvalue weighted by Gasteiger charge is -2.07. The Morgan fingerprint density at radius 3 is 2.70 bits per heavy atom. The average Bonchev–Trinajstić information content (AvgIpc) is 2.39. The van der Waals surface area contributed by atoms with Crippen LogP contribution < -0.4 is 5.32 Å². The van der Waals surface area contributed by atoms with E-state index in [1.165, 1.54) is 12.1 Å². The van der Waals surface area contributed by atoms with Crippen LogP contribution in [0.5, 0.6) is 0 Å². The first-order valence-corrected chi connectivity index (χ1v) is 6.75. The third-order valence-electron chi connectivity index (χ3n) is 2.57. The van der Waals surface area contributed by atoms with Gasteiger partial charge in [0.25, 0.3) is 5.69 Å². The molecule has 0 bridgehead atoms. The van der Waals surface area contributed by atoms with E-state index in [1.54, 1.807) is 12.1 Å². The van der Waals surface area contributed by atoms with Crippen LogP contribution in [0.2, 0.25) is 5.02 Å². The van der Waals surface area contributed by atoms with Crippen LogP contribution in [0.15, 0.2) is 40.9 Å². The van der Waals surface area contributed by atoms with Crippen molar-refractivity contribution in [2.45, 2.75) is 6.54 Å². The number of nitro groups is 1. The summed E-state index contributed by atoms with van der Waals surface area (Å²) in [6, 6.07) is 8.76. The molecule has 4 nitrogen and oxygen atoms in total. The Labute approximate surface area is 127 Å². The predicted octanol–water partition coefficient (Wildman–Crippen LogP) is 4.76. The summed E-state index contributed by atoms with van der Waals surface area (Å²) in [6.45, 7) is 0.383. The monoisotopic (exact) mass is 358 g/mol. The smallest absolute Gasteiger partial charge is 0.274 e. The summed E-state index contributed by atoms with van der Waals surface area (Å²) in [5.74, 6) is -0.657. The normalized spacial score (nSPS) is 10.3. The molecule has 2 aromatic rings. The summed E-state index contributed by atoms with van der Waals surface area (Å²) in [7, 11) is 0. The molecule has 0 unspecified atom stereocenters. The van der Waals surface area contributed by atoms with Crippen LogP contribution in [0.3, 0.4) is 0 Å².